The van der Waals surface area contributed by atoms with E-state index in [1.807, 2.05) is 4.90 Å². The lowest BCUT2D eigenvalue weighted by Gasteiger charge is -2.35. The van der Waals surface area contributed by atoms with Crippen LogP contribution in [0.3, 0.4) is 0 Å². The van der Waals surface area contributed by atoms with E-state index in [-0.39, 0.29) is 31.1 Å². The molecule has 0 aromatic heterocycles. The van der Waals surface area contributed by atoms with Crippen molar-refractivity contribution in [2.75, 3.05) is 18.7 Å². The third-order valence-corrected chi connectivity index (χ3v) is 4.39. The molecule has 1 aromatic carbocycles. The van der Waals surface area contributed by atoms with Gasteiger partial charge < -0.3 is 19.7 Å². The fourth-order valence-corrected chi connectivity index (χ4v) is 3.17. The Bertz CT molecular complexity index is 602. The van der Waals surface area contributed by atoms with Gasteiger partial charge in [-0.05, 0) is 37.8 Å². The first-order chi connectivity index (χ1) is 11.2. The SMILES string of the molecule is CCC1CCCCN1C(=O)CC(=O)Nc1ccc2c(c1)OCO2. The van der Waals surface area contributed by atoms with E-state index in [1.54, 1.807) is 18.2 Å². The Morgan fingerprint density at radius 3 is 2.91 bits per heavy atom. The zero-order valence-corrected chi connectivity index (χ0v) is 13.3. The van der Waals surface area contributed by atoms with Gasteiger partial charge >= 0.3 is 0 Å². The number of anilines is 1. The highest BCUT2D eigenvalue weighted by Gasteiger charge is 2.26. The van der Waals surface area contributed by atoms with Gasteiger partial charge in [-0.3, -0.25) is 9.59 Å². The summed E-state index contributed by atoms with van der Waals surface area (Å²) in [5.74, 6) is 0.887. The number of piperidine rings is 1. The summed E-state index contributed by atoms with van der Waals surface area (Å²) in [7, 11) is 0. The number of fused-ring (bicyclic) bond motifs is 1. The Labute approximate surface area is 135 Å². The zero-order valence-electron chi connectivity index (χ0n) is 13.3. The van der Waals surface area contributed by atoms with Crippen molar-refractivity contribution in [1.29, 1.82) is 0 Å². The van der Waals surface area contributed by atoms with Gasteiger partial charge in [0.1, 0.15) is 6.42 Å². The third-order valence-electron chi connectivity index (χ3n) is 4.39. The zero-order chi connectivity index (χ0) is 16.2. The summed E-state index contributed by atoms with van der Waals surface area (Å²) in [6.07, 6.45) is 4.03. The van der Waals surface area contributed by atoms with Crippen LogP contribution in [0.4, 0.5) is 5.69 Å². The molecular weight excluding hydrogens is 296 g/mol. The van der Waals surface area contributed by atoms with Gasteiger partial charge in [-0.15, -0.1) is 0 Å². The molecule has 1 N–H and O–H groups in total. The number of carbonyl (C=O) groups is 2. The molecule has 1 unspecified atom stereocenters. The lowest BCUT2D eigenvalue weighted by molar-refractivity contribution is -0.137. The highest BCUT2D eigenvalue weighted by Crippen LogP contribution is 2.34. The minimum Gasteiger partial charge on any atom is -0.454 e. The van der Waals surface area contributed by atoms with Crippen LogP contribution in [0.15, 0.2) is 18.2 Å². The van der Waals surface area contributed by atoms with Gasteiger partial charge in [0.05, 0.1) is 0 Å². The van der Waals surface area contributed by atoms with E-state index in [9.17, 15) is 9.59 Å². The fourth-order valence-electron chi connectivity index (χ4n) is 3.17. The Balaban J connectivity index is 1.57. The second-order valence-electron chi connectivity index (χ2n) is 5.94. The van der Waals surface area contributed by atoms with Gasteiger partial charge in [0.25, 0.3) is 0 Å². The lowest BCUT2D eigenvalue weighted by atomic mass is 9.99. The number of amides is 2. The summed E-state index contributed by atoms with van der Waals surface area (Å²) >= 11 is 0. The van der Waals surface area contributed by atoms with Crippen LogP contribution in [0.2, 0.25) is 0 Å². The van der Waals surface area contributed by atoms with Crippen molar-refractivity contribution in [2.24, 2.45) is 0 Å². The lowest BCUT2D eigenvalue weighted by Crippen LogP contribution is -2.44. The van der Waals surface area contributed by atoms with E-state index >= 15 is 0 Å². The van der Waals surface area contributed by atoms with Crippen LogP contribution < -0.4 is 14.8 Å². The topological polar surface area (TPSA) is 67.9 Å². The highest BCUT2D eigenvalue weighted by atomic mass is 16.7. The second kappa shape index (κ2) is 6.89. The molecule has 2 heterocycles. The van der Waals surface area contributed by atoms with Crippen molar-refractivity contribution in [3.8, 4) is 11.5 Å². The van der Waals surface area contributed by atoms with Crippen molar-refractivity contribution in [1.82, 2.24) is 4.90 Å². The molecule has 1 aromatic rings. The molecule has 1 fully saturated rings. The summed E-state index contributed by atoms with van der Waals surface area (Å²) < 4.78 is 10.5. The molecule has 6 heteroatoms. The molecule has 2 amide bonds. The molecule has 23 heavy (non-hydrogen) atoms. The van der Waals surface area contributed by atoms with Crippen LogP contribution in [-0.4, -0.2) is 36.1 Å². The molecule has 6 nitrogen and oxygen atoms in total. The van der Waals surface area contributed by atoms with Gasteiger partial charge in [-0.25, -0.2) is 0 Å². The quantitative estimate of drug-likeness (QED) is 0.866. The van der Waals surface area contributed by atoms with Crippen LogP contribution in [-0.2, 0) is 9.59 Å². The van der Waals surface area contributed by atoms with Gasteiger partial charge in [0.15, 0.2) is 11.5 Å². The molecule has 2 aliphatic heterocycles. The van der Waals surface area contributed by atoms with Crippen molar-refractivity contribution in [3.05, 3.63) is 18.2 Å². The Morgan fingerprint density at radius 1 is 1.26 bits per heavy atom. The Kier molecular flexibility index (Phi) is 4.69. The predicted molar refractivity (Wildman–Crippen MR) is 85.5 cm³/mol. The van der Waals surface area contributed by atoms with E-state index in [0.717, 1.165) is 32.2 Å². The largest absolute Gasteiger partial charge is 0.454 e. The predicted octanol–water partition coefficient (Wildman–Crippen LogP) is 2.54. The molecule has 0 saturated carbocycles. The molecule has 1 saturated heterocycles. The minimum atomic E-state index is -0.297. The standard InChI is InChI=1S/C17H22N2O4/c1-2-13-5-3-4-8-19(13)17(21)10-16(20)18-12-6-7-14-15(9-12)23-11-22-14/h6-7,9,13H,2-5,8,10-11H2,1H3,(H,18,20). The average Bonchev–Trinajstić information content (AvgIpc) is 3.02. The number of hydrogen-bond acceptors (Lipinski definition) is 4. The van der Waals surface area contributed by atoms with Crippen molar-refractivity contribution >= 4 is 17.5 Å². The fraction of sp³-hybridized carbons (Fsp3) is 0.529. The van der Waals surface area contributed by atoms with E-state index in [0.29, 0.717) is 17.2 Å². The third kappa shape index (κ3) is 3.57. The number of nitrogens with zero attached hydrogens (tertiary/aromatic N) is 1. The number of likely N-dealkylation sites (tertiary alicyclic amines) is 1. The molecular formula is C17H22N2O4. The first kappa shape index (κ1) is 15.6. The van der Waals surface area contributed by atoms with Crippen LogP contribution >= 0.6 is 0 Å². The minimum absolute atomic E-state index is 0.0882. The Morgan fingerprint density at radius 2 is 2.09 bits per heavy atom. The average molecular weight is 318 g/mol. The smallest absolute Gasteiger partial charge is 0.233 e. The summed E-state index contributed by atoms with van der Waals surface area (Å²) in [5, 5.41) is 2.75. The molecule has 0 bridgehead atoms. The maximum absolute atomic E-state index is 12.4. The van der Waals surface area contributed by atoms with Crippen LogP contribution in [0, 0.1) is 0 Å². The van der Waals surface area contributed by atoms with Gasteiger partial charge in [0, 0.05) is 24.3 Å². The van der Waals surface area contributed by atoms with Crippen molar-refractivity contribution in [2.45, 2.75) is 45.1 Å². The number of rotatable bonds is 4. The number of nitrogens with one attached hydrogen (secondary N) is 1. The number of ether oxygens (including phenoxy) is 2. The van der Waals surface area contributed by atoms with Crippen LogP contribution in [0.1, 0.15) is 39.0 Å². The molecule has 3 rings (SSSR count). The summed E-state index contributed by atoms with van der Waals surface area (Å²) in [5.41, 5.74) is 0.609. The van der Waals surface area contributed by atoms with Crippen molar-refractivity contribution < 1.29 is 19.1 Å². The monoisotopic (exact) mass is 318 g/mol. The molecule has 0 aliphatic carbocycles. The second-order valence-corrected chi connectivity index (χ2v) is 5.94. The molecule has 1 atom stereocenters. The molecule has 124 valence electrons. The summed E-state index contributed by atoms with van der Waals surface area (Å²) in [4.78, 5) is 26.4. The molecule has 2 aliphatic rings. The first-order valence-electron chi connectivity index (χ1n) is 8.16. The van der Waals surface area contributed by atoms with E-state index < -0.39 is 0 Å². The Hall–Kier alpha value is -2.24. The van der Waals surface area contributed by atoms with Gasteiger partial charge in [-0.2, -0.15) is 0 Å². The molecule has 0 spiro atoms. The number of hydrogen-bond donors (Lipinski definition) is 1. The normalized spacial score (nSPS) is 19.5. The molecule has 0 radical (unpaired) electrons. The van der Waals surface area contributed by atoms with E-state index in [2.05, 4.69) is 12.2 Å². The van der Waals surface area contributed by atoms with E-state index in [4.69, 9.17) is 9.47 Å². The maximum Gasteiger partial charge on any atom is 0.233 e. The summed E-state index contributed by atoms with van der Waals surface area (Å²) in [6.45, 7) is 3.04. The van der Waals surface area contributed by atoms with E-state index in [1.165, 1.54) is 0 Å². The highest BCUT2D eigenvalue weighted by molar-refractivity contribution is 6.03. The first-order valence-corrected chi connectivity index (χ1v) is 8.16. The van der Waals surface area contributed by atoms with Gasteiger partial charge in [0.2, 0.25) is 18.6 Å². The van der Waals surface area contributed by atoms with Crippen LogP contribution in [0.5, 0.6) is 11.5 Å². The van der Waals surface area contributed by atoms with Crippen molar-refractivity contribution in [3.63, 3.8) is 0 Å². The summed E-state index contributed by atoms with van der Waals surface area (Å²) in [6, 6.07) is 5.47. The number of carbonyl (C=O) groups excluding carboxylic acids is 2. The number of benzene rings is 1. The maximum atomic E-state index is 12.4. The van der Waals surface area contributed by atoms with Crippen LogP contribution in [0.25, 0.3) is 0 Å². The van der Waals surface area contributed by atoms with Gasteiger partial charge in [-0.1, -0.05) is 6.92 Å².